The van der Waals surface area contributed by atoms with E-state index < -0.39 is 5.69 Å². The molecule has 0 amide bonds. The molecule has 0 spiro atoms. The number of nitrogens with zero attached hydrogens (tertiary/aromatic N) is 1. The van der Waals surface area contributed by atoms with E-state index in [1.165, 1.54) is 6.20 Å². The van der Waals surface area contributed by atoms with Crippen LogP contribution in [0.5, 0.6) is 0 Å². The van der Waals surface area contributed by atoms with Crippen molar-refractivity contribution in [2.75, 3.05) is 0 Å². The van der Waals surface area contributed by atoms with Crippen molar-refractivity contribution in [3.05, 3.63) is 64.3 Å². The van der Waals surface area contributed by atoms with Crippen LogP contribution in [-0.4, -0.2) is 15.8 Å². The molecule has 1 aromatic carbocycles. The monoisotopic (exact) mass is 214 g/mol. The lowest BCUT2D eigenvalue weighted by molar-refractivity contribution is 0.0992. The van der Waals surface area contributed by atoms with Gasteiger partial charge in [0.15, 0.2) is 5.78 Å². The predicted octanol–water partition coefficient (Wildman–Crippen LogP) is 1.20. The van der Waals surface area contributed by atoms with Crippen LogP contribution in [0.4, 0.5) is 0 Å². The summed E-state index contributed by atoms with van der Waals surface area (Å²) in [5, 5.41) is 0. The summed E-state index contributed by atoms with van der Waals surface area (Å²) < 4.78 is 0. The Balaban J connectivity index is 2.17. The lowest BCUT2D eigenvalue weighted by atomic mass is 10.1. The van der Waals surface area contributed by atoms with E-state index in [0.717, 1.165) is 0 Å². The van der Waals surface area contributed by atoms with Crippen LogP contribution in [0.1, 0.15) is 16.1 Å². The molecule has 4 heteroatoms. The van der Waals surface area contributed by atoms with Crippen LogP contribution < -0.4 is 5.69 Å². The Morgan fingerprint density at radius 1 is 1.19 bits per heavy atom. The standard InChI is InChI=1S/C12H10N2O2/c15-11(9-4-2-1-3-5-9)8-10-6-7-13-12(16)14-10/h1-7H,8H2,(H,13,14,16). The number of H-pyrrole nitrogens is 1. The van der Waals surface area contributed by atoms with E-state index in [-0.39, 0.29) is 12.2 Å². The van der Waals surface area contributed by atoms with Gasteiger partial charge < -0.3 is 4.98 Å². The van der Waals surface area contributed by atoms with Crippen molar-refractivity contribution in [3.63, 3.8) is 0 Å². The van der Waals surface area contributed by atoms with Crippen molar-refractivity contribution in [1.82, 2.24) is 9.97 Å². The van der Waals surface area contributed by atoms with Gasteiger partial charge in [-0.2, -0.15) is 0 Å². The number of hydrogen-bond donors (Lipinski definition) is 1. The number of carbonyl (C=O) groups excluding carboxylic acids is 1. The second-order valence-electron chi connectivity index (χ2n) is 3.37. The zero-order chi connectivity index (χ0) is 11.4. The third-order valence-corrected chi connectivity index (χ3v) is 2.18. The number of benzene rings is 1. The fraction of sp³-hybridized carbons (Fsp3) is 0.0833. The molecule has 0 saturated carbocycles. The van der Waals surface area contributed by atoms with Gasteiger partial charge in [0.1, 0.15) is 0 Å². The van der Waals surface area contributed by atoms with Gasteiger partial charge >= 0.3 is 5.69 Å². The molecule has 2 aromatic rings. The number of ketones is 1. The van der Waals surface area contributed by atoms with Gasteiger partial charge in [-0.15, -0.1) is 0 Å². The maximum atomic E-state index is 11.8. The molecule has 0 aliphatic heterocycles. The molecule has 0 saturated heterocycles. The topological polar surface area (TPSA) is 62.8 Å². The molecular weight excluding hydrogens is 204 g/mol. The minimum atomic E-state index is -0.432. The van der Waals surface area contributed by atoms with Crippen LogP contribution >= 0.6 is 0 Å². The van der Waals surface area contributed by atoms with E-state index in [1.54, 1.807) is 18.2 Å². The third-order valence-electron chi connectivity index (χ3n) is 2.18. The molecule has 1 N–H and O–H groups in total. The summed E-state index contributed by atoms with van der Waals surface area (Å²) in [6, 6.07) is 10.6. The highest BCUT2D eigenvalue weighted by molar-refractivity contribution is 5.97. The van der Waals surface area contributed by atoms with E-state index in [0.29, 0.717) is 11.3 Å². The van der Waals surface area contributed by atoms with Crippen molar-refractivity contribution < 1.29 is 4.79 Å². The molecule has 0 fully saturated rings. The SMILES string of the molecule is O=C(Cc1ccnc(=O)[nH]1)c1ccccc1. The van der Waals surface area contributed by atoms with E-state index >= 15 is 0 Å². The molecular formula is C12H10N2O2. The van der Waals surface area contributed by atoms with Crippen molar-refractivity contribution >= 4 is 5.78 Å². The van der Waals surface area contributed by atoms with Gasteiger partial charge in [-0.05, 0) is 6.07 Å². The molecule has 0 aliphatic carbocycles. The number of Topliss-reactive ketones (excluding diaryl/α,β-unsaturated/α-hetero) is 1. The van der Waals surface area contributed by atoms with E-state index in [4.69, 9.17) is 0 Å². The van der Waals surface area contributed by atoms with Gasteiger partial charge in [-0.1, -0.05) is 30.3 Å². The van der Waals surface area contributed by atoms with Gasteiger partial charge in [0, 0.05) is 17.5 Å². The molecule has 2 rings (SSSR count). The number of nitrogens with one attached hydrogen (secondary N) is 1. The highest BCUT2D eigenvalue weighted by Gasteiger charge is 2.06. The normalized spacial score (nSPS) is 10.0. The third kappa shape index (κ3) is 2.42. The molecule has 80 valence electrons. The van der Waals surface area contributed by atoms with Gasteiger partial charge in [0.2, 0.25) is 0 Å². The number of hydrogen-bond acceptors (Lipinski definition) is 3. The summed E-state index contributed by atoms with van der Waals surface area (Å²) >= 11 is 0. The Hall–Kier alpha value is -2.23. The number of aromatic nitrogens is 2. The Labute approximate surface area is 92.0 Å². The van der Waals surface area contributed by atoms with Crippen LogP contribution in [0.15, 0.2) is 47.4 Å². The smallest absolute Gasteiger partial charge is 0.309 e. The average Bonchev–Trinajstić information content (AvgIpc) is 2.30. The van der Waals surface area contributed by atoms with Crippen LogP contribution in [0, 0.1) is 0 Å². The largest absolute Gasteiger partial charge is 0.345 e. The molecule has 16 heavy (non-hydrogen) atoms. The molecule has 1 aromatic heterocycles. The van der Waals surface area contributed by atoms with E-state index in [2.05, 4.69) is 9.97 Å². The summed E-state index contributed by atoms with van der Waals surface area (Å²) in [6.07, 6.45) is 1.58. The summed E-state index contributed by atoms with van der Waals surface area (Å²) in [5.74, 6) is -0.0255. The fourth-order valence-electron chi connectivity index (χ4n) is 1.41. The molecule has 0 aliphatic rings. The first-order chi connectivity index (χ1) is 7.75. The zero-order valence-corrected chi connectivity index (χ0v) is 8.51. The highest BCUT2D eigenvalue weighted by Crippen LogP contribution is 2.03. The predicted molar refractivity (Wildman–Crippen MR) is 59.3 cm³/mol. The Kier molecular flexibility index (Phi) is 2.91. The highest BCUT2D eigenvalue weighted by atomic mass is 16.1. The van der Waals surface area contributed by atoms with Gasteiger partial charge in [0.25, 0.3) is 0 Å². The van der Waals surface area contributed by atoms with Crippen LogP contribution in [0.2, 0.25) is 0 Å². The second-order valence-corrected chi connectivity index (χ2v) is 3.37. The lowest BCUT2D eigenvalue weighted by Crippen LogP contribution is -2.14. The molecule has 0 atom stereocenters. The molecule has 0 unspecified atom stereocenters. The second kappa shape index (κ2) is 4.53. The minimum absolute atomic E-state index is 0.0255. The Bertz CT molecular complexity index is 546. The molecule has 1 heterocycles. The number of aromatic amines is 1. The first-order valence-corrected chi connectivity index (χ1v) is 4.88. The quantitative estimate of drug-likeness (QED) is 0.781. The van der Waals surface area contributed by atoms with Gasteiger partial charge in [-0.3, -0.25) is 4.79 Å². The lowest BCUT2D eigenvalue weighted by Gasteiger charge is -2.00. The summed E-state index contributed by atoms with van der Waals surface area (Å²) in [7, 11) is 0. The Morgan fingerprint density at radius 3 is 2.62 bits per heavy atom. The first-order valence-electron chi connectivity index (χ1n) is 4.88. The molecule has 0 bridgehead atoms. The summed E-state index contributed by atoms with van der Waals surface area (Å²) in [5.41, 5.74) is 0.785. The van der Waals surface area contributed by atoms with E-state index in [1.807, 2.05) is 18.2 Å². The van der Waals surface area contributed by atoms with Crippen LogP contribution in [-0.2, 0) is 6.42 Å². The average molecular weight is 214 g/mol. The van der Waals surface area contributed by atoms with Crippen molar-refractivity contribution in [1.29, 1.82) is 0 Å². The fourth-order valence-corrected chi connectivity index (χ4v) is 1.41. The first kappa shape index (κ1) is 10.3. The number of rotatable bonds is 3. The van der Waals surface area contributed by atoms with Crippen molar-refractivity contribution in [2.24, 2.45) is 0 Å². The van der Waals surface area contributed by atoms with Gasteiger partial charge in [-0.25, -0.2) is 9.78 Å². The van der Waals surface area contributed by atoms with Crippen molar-refractivity contribution in [3.8, 4) is 0 Å². The zero-order valence-electron chi connectivity index (χ0n) is 8.51. The Morgan fingerprint density at radius 2 is 1.94 bits per heavy atom. The maximum Gasteiger partial charge on any atom is 0.345 e. The van der Waals surface area contributed by atoms with Crippen LogP contribution in [0.3, 0.4) is 0 Å². The van der Waals surface area contributed by atoms with E-state index in [9.17, 15) is 9.59 Å². The number of carbonyl (C=O) groups is 1. The molecule has 0 radical (unpaired) electrons. The molecule has 4 nitrogen and oxygen atoms in total. The summed E-state index contributed by atoms with van der Waals surface area (Å²) in [6.45, 7) is 0. The summed E-state index contributed by atoms with van der Waals surface area (Å²) in [4.78, 5) is 28.7. The van der Waals surface area contributed by atoms with Crippen molar-refractivity contribution in [2.45, 2.75) is 6.42 Å². The van der Waals surface area contributed by atoms with Gasteiger partial charge in [0.05, 0.1) is 6.42 Å². The van der Waals surface area contributed by atoms with Crippen LogP contribution in [0.25, 0.3) is 0 Å². The maximum absolute atomic E-state index is 11.8. The minimum Gasteiger partial charge on any atom is -0.309 e.